The standard InChI is InChI=1S/C17H11F2N5O2/c18-15(19)17-24-23-16(26-17)11-7-21-14(22-8-11)9-25-12-3-4-13-10(6-12)2-1-5-20-13/h1-8,15H,9H2. The molecule has 0 aliphatic rings. The van der Waals surface area contributed by atoms with E-state index < -0.39 is 12.3 Å². The van der Waals surface area contributed by atoms with Crippen LogP contribution in [0.4, 0.5) is 8.78 Å². The lowest BCUT2D eigenvalue weighted by molar-refractivity contribution is 0.116. The molecular formula is C17H11F2N5O2. The van der Waals surface area contributed by atoms with E-state index in [1.54, 1.807) is 6.20 Å². The Morgan fingerprint density at radius 1 is 1.04 bits per heavy atom. The molecule has 0 unspecified atom stereocenters. The topological polar surface area (TPSA) is 86.8 Å². The Kier molecular flexibility index (Phi) is 4.18. The van der Waals surface area contributed by atoms with Gasteiger partial charge >= 0.3 is 6.43 Å². The summed E-state index contributed by atoms with van der Waals surface area (Å²) >= 11 is 0. The van der Waals surface area contributed by atoms with Crippen LogP contribution in [-0.4, -0.2) is 25.1 Å². The lowest BCUT2D eigenvalue weighted by Gasteiger charge is -2.06. The smallest absolute Gasteiger partial charge is 0.314 e. The highest BCUT2D eigenvalue weighted by atomic mass is 19.3. The van der Waals surface area contributed by atoms with Gasteiger partial charge in [0.2, 0.25) is 0 Å². The summed E-state index contributed by atoms with van der Waals surface area (Å²) in [4.78, 5) is 12.5. The quantitative estimate of drug-likeness (QED) is 0.540. The highest BCUT2D eigenvalue weighted by molar-refractivity contribution is 5.79. The third kappa shape index (κ3) is 3.32. The summed E-state index contributed by atoms with van der Waals surface area (Å²) in [5, 5.41) is 7.77. The number of alkyl halides is 2. The SMILES string of the molecule is FC(F)c1nnc(-c2cnc(COc3ccc4ncccc4c3)nc2)o1. The van der Waals surface area contributed by atoms with Gasteiger partial charge in [-0.3, -0.25) is 4.98 Å². The van der Waals surface area contributed by atoms with Gasteiger partial charge in [-0.2, -0.15) is 8.78 Å². The maximum Gasteiger partial charge on any atom is 0.314 e. The van der Waals surface area contributed by atoms with Crippen molar-refractivity contribution < 1.29 is 17.9 Å². The lowest BCUT2D eigenvalue weighted by atomic mass is 10.2. The second kappa shape index (κ2) is 6.79. The molecule has 0 spiro atoms. The van der Waals surface area contributed by atoms with Gasteiger partial charge in [0.05, 0.1) is 11.1 Å². The number of fused-ring (bicyclic) bond motifs is 1. The molecule has 0 fully saturated rings. The van der Waals surface area contributed by atoms with E-state index in [1.807, 2.05) is 30.3 Å². The Balaban J connectivity index is 1.44. The summed E-state index contributed by atoms with van der Waals surface area (Å²) in [5.41, 5.74) is 1.23. The van der Waals surface area contributed by atoms with E-state index in [1.165, 1.54) is 12.4 Å². The second-order valence-electron chi connectivity index (χ2n) is 5.28. The molecule has 0 saturated carbocycles. The van der Waals surface area contributed by atoms with E-state index in [0.717, 1.165) is 10.9 Å². The number of nitrogens with zero attached hydrogens (tertiary/aromatic N) is 5. The van der Waals surface area contributed by atoms with Crippen molar-refractivity contribution in [2.75, 3.05) is 0 Å². The predicted octanol–water partition coefficient (Wildman–Crippen LogP) is 3.59. The normalized spacial score (nSPS) is 11.2. The zero-order valence-corrected chi connectivity index (χ0v) is 13.2. The fraction of sp³-hybridized carbons (Fsp3) is 0.118. The minimum Gasteiger partial charge on any atom is -0.486 e. The summed E-state index contributed by atoms with van der Waals surface area (Å²) in [6.45, 7) is 0.151. The summed E-state index contributed by atoms with van der Waals surface area (Å²) in [5.74, 6) is 0.290. The van der Waals surface area contributed by atoms with E-state index in [9.17, 15) is 8.78 Å². The molecule has 1 aromatic carbocycles. The molecule has 7 nitrogen and oxygen atoms in total. The minimum absolute atomic E-state index is 0.0604. The van der Waals surface area contributed by atoms with Crippen LogP contribution in [0.25, 0.3) is 22.4 Å². The van der Waals surface area contributed by atoms with E-state index in [2.05, 4.69) is 25.1 Å². The van der Waals surface area contributed by atoms with Gasteiger partial charge in [0.1, 0.15) is 12.4 Å². The third-order valence-electron chi connectivity index (χ3n) is 3.52. The van der Waals surface area contributed by atoms with Gasteiger partial charge in [-0.05, 0) is 24.3 Å². The number of hydrogen-bond acceptors (Lipinski definition) is 7. The van der Waals surface area contributed by atoms with Crippen molar-refractivity contribution in [1.82, 2.24) is 25.1 Å². The Labute approximate surface area is 145 Å². The first-order valence-corrected chi connectivity index (χ1v) is 7.59. The van der Waals surface area contributed by atoms with Crippen LogP contribution in [-0.2, 0) is 6.61 Å². The van der Waals surface area contributed by atoms with Crippen LogP contribution in [0.2, 0.25) is 0 Å². The van der Waals surface area contributed by atoms with Crippen molar-refractivity contribution in [3.05, 3.63) is 60.6 Å². The molecule has 0 saturated heterocycles. The molecule has 4 rings (SSSR count). The van der Waals surface area contributed by atoms with Gasteiger partial charge in [-0.1, -0.05) is 6.07 Å². The Morgan fingerprint density at radius 2 is 1.88 bits per heavy atom. The molecule has 3 heterocycles. The van der Waals surface area contributed by atoms with Gasteiger partial charge in [0, 0.05) is 24.0 Å². The molecule has 0 amide bonds. The third-order valence-corrected chi connectivity index (χ3v) is 3.52. The number of aromatic nitrogens is 5. The Bertz CT molecular complexity index is 1040. The zero-order valence-electron chi connectivity index (χ0n) is 13.2. The van der Waals surface area contributed by atoms with E-state index >= 15 is 0 Å². The summed E-state index contributed by atoms with van der Waals surface area (Å²) < 4.78 is 35.5. The lowest BCUT2D eigenvalue weighted by Crippen LogP contribution is -2.01. The van der Waals surface area contributed by atoms with Crippen molar-refractivity contribution in [2.24, 2.45) is 0 Å². The van der Waals surface area contributed by atoms with Gasteiger partial charge in [0.25, 0.3) is 11.8 Å². The molecule has 0 atom stereocenters. The predicted molar refractivity (Wildman–Crippen MR) is 86.4 cm³/mol. The van der Waals surface area contributed by atoms with Crippen LogP contribution < -0.4 is 4.74 Å². The van der Waals surface area contributed by atoms with Crippen molar-refractivity contribution in [1.29, 1.82) is 0 Å². The maximum atomic E-state index is 12.5. The van der Waals surface area contributed by atoms with Crippen LogP contribution in [0.1, 0.15) is 18.1 Å². The first kappa shape index (κ1) is 16.0. The average molecular weight is 355 g/mol. The molecule has 3 aromatic heterocycles. The first-order valence-electron chi connectivity index (χ1n) is 7.59. The van der Waals surface area contributed by atoms with Crippen molar-refractivity contribution in [3.63, 3.8) is 0 Å². The largest absolute Gasteiger partial charge is 0.486 e. The highest BCUT2D eigenvalue weighted by Crippen LogP contribution is 2.22. The molecule has 0 N–H and O–H groups in total. The van der Waals surface area contributed by atoms with Gasteiger partial charge in [-0.15, -0.1) is 10.2 Å². The number of ether oxygens (including phenoxy) is 1. The molecule has 26 heavy (non-hydrogen) atoms. The molecule has 0 aliphatic heterocycles. The fourth-order valence-electron chi connectivity index (χ4n) is 2.27. The Hall–Kier alpha value is -3.49. The molecule has 4 aromatic rings. The van der Waals surface area contributed by atoms with E-state index in [-0.39, 0.29) is 12.5 Å². The molecule has 130 valence electrons. The number of benzene rings is 1. The van der Waals surface area contributed by atoms with Gasteiger partial charge < -0.3 is 9.15 Å². The summed E-state index contributed by atoms with van der Waals surface area (Å²) in [7, 11) is 0. The van der Waals surface area contributed by atoms with Gasteiger partial charge in [0.15, 0.2) is 5.82 Å². The van der Waals surface area contributed by atoms with Crippen molar-refractivity contribution >= 4 is 10.9 Å². The van der Waals surface area contributed by atoms with Crippen LogP contribution in [0.5, 0.6) is 5.75 Å². The minimum atomic E-state index is -2.82. The number of hydrogen-bond donors (Lipinski definition) is 0. The fourth-order valence-corrected chi connectivity index (χ4v) is 2.27. The van der Waals surface area contributed by atoms with Crippen LogP contribution >= 0.6 is 0 Å². The molecule has 9 heteroatoms. The average Bonchev–Trinajstić information content (AvgIpc) is 3.17. The number of rotatable bonds is 5. The van der Waals surface area contributed by atoms with E-state index in [4.69, 9.17) is 9.15 Å². The monoisotopic (exact) mass is 355 g/mol. The molecule has 0 bridgehead atoms. The van der Waals surface area contributed by atoms with Gasteiger partial charge in [-0.25, -0.2) is 9.97 Å². The number of halogens is 2. The first-order chi connectivity index (χ1) is 12.7. The highest BCUT2D eigenvalue weighted by Gasteiger charge is 2.17. The molecule has 0 radical (unpaired) electrons. The molecular weight excluding hydrogens is 344 g/mol. The molecule has 0 aliphatic carbocycles. The summed E-state index contributed by atoms with van der Waals surface area (Å²) in [6.07, 6.45) is 1.74. The van der Waals surface area contributed by atoms with Crippen molar-refractivity contribution in [3.8, 4) is 17.2 Å². The van der Waals surface area contributed by atoms with Crippen LogP contribution in [0, 0.1) is 0 Å². The summed E-state index contributed by atoms with van der Waals surface area (Å²) in [6, 6.07) is 9.35. The maximum absolute atomic E-state index is 12.5. The number of pyridine rings is 1. The second-order valence-corrected chi connectivity index (χ2v) is 5.28. The Morgan fingerprint density at radius 3 is 2.65 bits per heavy atom. The van der Waals surface area contributed by atoms with E-state index in [0.29, 0.717) is 17.1 Å². The van der Waals surface area contributed by atoms with Crippen molar-refractivity contribution in [2.45, 2.75) is 13.0 Å². The van der Waals surface area contributed by atoms with Crippen LogP contribution in [0.15, 0.2) is 53.3 Å². The van der Waals surface area contributed by atoms with Crippen LogP contribution in [0.3, 0.4) is 0 Å². The zero-order chi connectivity index (χ0) is 17.9.